The molecule has 8 heteroatoms. The average molecular weight is 248 g/mol. The Morgan fingerprint density at radius 1 is 1.00 bits per heavy atom. The van der Waals surface area contributed by atoms with Gasteiger partial charge in [0, 0.05) is 27.1 Å². The monoisotopic (exact) mass is 248 g/mol. The van der Waals surface area contributed by atoms with Gasteiger partial charge in [-0.05, 0) is 0 Å². The molecule has 0 unspecified atom stereocenters. The minimum Gasteiger partial charge on any atom is -0.549 e. The van der Waals surface area contributed by atoms with Gasteiger partial charge in [0.2, 0.25) is 0 Å². The van der Waals surface area contributed by atoms with Gasteiger partial charge in [-0.1, -0.05) is 0 Å². The smallest absolute Gasteiger partial charge is 0.549 e. The van der Waals surface area contributed by atoms with Gasteiger partial charge in [0.25, 0.3) is 0 Å². The van der Waals surface area contributed by atoms with Gasteiger partial charge >= 0.3 is 59.1 Å². The molecule has 0 atom stereocenters. The number of carboxylic acids is 2. The van der Waals surface area contributed by atoms with E-state index >= 15 is 0 Å². The van der Waals surface area contributed by atoms with Crippen molar-refractivity contribution < 1.29 is 88.4 Å². The van der Waals surface area contributed by atoms with Gasteiger partial charge in [-0.25, -0.2) is 0 Å². The minimum atomic E-state index is -1.98. The molecule has 0 heterocycles. The molecule has 1 saturated carbocycles. The third kappa shape index (κ3) is 3.00. The summed E-state index contributed by atoms with van der Waals surface area (Å²) in [6, 6.07) is 0. The van der Waals surface area contributed by atoms with E-state index in [1.165, 1.54) is 14.2 Å². The quantitative estimate of drug-likeness (QED) is 0.278. The third-order valence-corrected chi connectivity index (χ3v) is 2.67. The van der Waals surface area contributed by atoms with Gasteiger partial charge in [0.1, 0.15) is 0 Å². The second-order valence-corrected chi connectivity index (χ2v) is 3.33. The van der Waals surface area contributed by atoms with E-state index in [0.29, 0.717) is 0 Å². The number of ether oxygens (including phenoxy) is 2. The van der Waals surface area contributed by atoms with Crippen molar-refractivity contribution in [3.63, 3.8) is 0 Å². The fraction of sp³-hybridized carbons (Fsp3) is 0.750. The number of methoxy groups -OCH3 is 2. The Bertz CT molecular complexity index is 252. The molecule has 1 rings (SSSR count). The Balaban J connectivity index is 0. The van der Waals surface area contributed by atoms with Crippen molar-refractivity contribution in [2.45, 2.75) is 18.6 Å². The van der Waals surface area contributed by atoms with Crippen molar-refractivity contribution >= 4 is 11.9 Å². The number of carbonyl (C=O) groups is 2. The van der Waals surface area contributed by atoms with Gasteiger partial charge in [-0.2, -0.15) is 0 Å². The Kier molecular flexibility index (Phi) is 8.04. The summed E-state index contributed by atoms with van der Waals surface area (Å²) in [5.74, 6) is -4.47. The second kappa shape index (κ2) is 6.70. The molecule has 0 aromatic heterocycles. The van der Waals surface area contributed by atoms with Gasteiger partial charge in [-0.3, -0.25) is 0 Å². The maximum Gasteiger partial charge on any atom is 1.00 e. The molecule has 0 aromatic carbocycles. The molecule has 0 N–H and O–H groups in total. The van der Waals surface area contributed by atoms with Crippen molar-refractivity contribution in [3.05, 3.63) is 0 Å². The van der Waals surface area contributed by atoms with E-state index < -0.39 is 23.1 Å². The molecule has 6 nitrogen and oxygen atoms in total. The predicted molar refractivity (Wildman–Crippen MR) is 38.4 cm³/mol. The molecule has 1 aliphatic rings. The zero-order valence-electron chi connectivity index (χ0n) is 9.86. The third-order valence-electron chi connectivity index (χ3n) is 2.67. The Hall–Kier alpha value is 0.860. The fourth-order valence-corrected chi connectivity index (χ4v) is 1.61. The summed E-state index contributed by atoms with van der Waals surface area (Å²) < 4.78 is 9.75. The SMILES string of the molecule is COC1(OC)CC(C(=O)[O-])(C(=O)[O-])C1.[Na+].[Na+]. The van der Waals surface area contributed by atoms with Crippen molar-refractivity contribution in [1.29, 1.82) is 0 Å². The van der Waals surface area contributed by atoms with Crippen LogP contribution >= 0.6 is 0 Å². The number of aliphatic carboxylic acids is 2. The summed E-state index contributed by atoms with van der Waals surface area (Å²) in [5, 5.41) is 21.2. The topological polar surface area (TPSA) is 98.7 Å². The molecule has 0 radical (unpaired) electrons. The van der Waals surface area contributed by atoms with Crippen LogP contribution in [-0.2, 0) is 19.1 Å². The summed E-state index contributed by atoms with van der Waals surface area (Å²) >= 11 is 0. The van der Waals surface area contributed by atoms with Crippen LogP contribution in [0.25, 0.3) is 0 Å². The van der Waals surface area contributed by atoms with E-state index in [0.717, 1.165) is 0 Å². The fourth-order valence-electron chi connectivity index (χ4n) is 1.61. The van der Waals surface area contributed by atoms with Crippen molar-refractivity contribution in [2.75, 3.05) is 14.2 Å². The maximum absolute atomic E-state index is 10.6. The molecule has 0 amide bonds. The van der Waals surface area contributed by atoms with E-state index in [1.54, 1.807) is 0 Å². The van der Waals surface area contributed by atoms with Crippen LogP contribution in [0.1, 0.15) is 12.8 Å². The molecular formula is C8H10Na2O6. The van der Waals surface area contributed by atoms with Crippen molar-refractivity contribution in [1.82, 2.24) is 0 Å². The summed E-state index contributed by atoms with van der Waals surface area (Å²) in [6.45, 7) is 0. The Labute approximate surface area is 137 Å². The molecular weight excluding hydrogens is 238 g/mol. The average Bonchev–Trinajstić information content (AvgIpc) is 2.03. The molecule has 1 fully saturated rings. The Morgan fingerprint density at radius 2 is 1.31 bits per heavy atom. The van der Waals surface area contributed by atoms with E-state index in [4.69, 9.17) is 9.47 Å². The van der Waals surface area contributed by atoms with E-state index in [-0.39, 0.29) is 72.0 Å². The summed E-state index contributed by atoms with van der Waals surface area (Å²) in [4.78, 5) is 21.2. The van der Waals surface area contributed by atoms with E-state index in [2.05, 4.69) is 0 Å². The van der Waals surface area contributed by atoms with Gasteiger partial charge in [0.05, 0.1) is 17.4 Å². The largest absolute Gasteiger partial charge is 1.00 e. The predicted octanol–water partition coefficient (Wildman–Crippen LogP) is -8.74. The van der Waals surface area contributed by atoms with Gasteiger partial charge in [0.15, 0.2) is 5.79 Å². The van der Waals surface area contributed by atoms with Crippen LogP contribution in [0.4, 0.5) is 0 Å². The molecule has 0 saturated heterocycles. The van der Waals surface area contributed by atoms with Crippen LogP contribution in [0.3, 0.4) is 0 Å². The standard InChI is InChI=1S/C8H12O6.2Na/c1-13-8(14-2)3-7(4-8,5(9)10)6(11)12;;/h3-4H2,1-2H3,(H,9,10)(H,11,12);;/q;2*+1/p-2. The number of rotatable bonds is 4. The summed E-state index contributed by atoms with van der Waals surface area (Å²) in [5.41, 5.74) is -1.98. The zero-order valence-corrected chi connectivity index (χ0v) is 13.9. The van der Waals surface area contributed by atoms with E-state index in [1.807, 2.05) is 0 Å². The Morgan fingerprint density at radius 3 is 1.50 bits per heavy atom. The van der Waals surface area contributed by atoms with Crippen LogP contribution in [-0.4, -0.2) is 31.9 Å². The number of hydrogen-bond donors (Lipinski definition) is 0. The molecule has 0 bridgehead atoms. The first-order valence-corrected chi connectivity index (χ1v) is 3.96. The van der Waals surface area contributed by atoms with Crippen LogP contribution in [0.5, 0.6) is 0 Å². The first-order valence-electron chi connectivity index (χ1n) is 3.96. The normalized spacial score (nSPS) is 19.6. The van der Waals surface area contributed by atoms with Crippen LogP contribution in [0, 0.1) is 5.41 Å². The first kappa shape index (κ1) is 19.2. The number of carbonyl (C=O) groups excluding carboxylic acids is 2. The molecule has 0 aromatic rings. The van der Waals surface area contributed by atoms with Gasteiger partial charge in [-0.15, -0.1) is 0 Å². The van der Waals surface area contributed by atoms with Crippen LogP contribution in [0.2, 0.25) is 0 Å². The maximum atomic E-state index is 10.6. The zero-order chi connectivity index (χ0) is 11.0. The van der Waals surface area contributed by atoms with Crippen molar-refractivity contribution in [3.8, 4) is 0 Å². The van der Waals surface area contributed by atoms with Gasteiger partial charge < -0.3 is 29.3 Å². The molecule has 0 spiro atoms. The number of hydrogen-bond acceptors (Lipinski definition) is 6. The van der Waals surface area contributed by atoms with Crippen LogP contribution in [0.15, 0.2) is 0 Å². The number of carboxylic acid groups (broad SMARTS) is 2. The van der Waals surface area contributed by atoms with Crippen molar-refractivity contribution in [2.24, 2.45) is 5.41 Å². The second-order valence-electron chi connectivity index (χ2n) is 3.33. The minimum absolute atomic E-state index is 0. The molecule has 0 aliphatic heterocycles. The summed E-state index contributed by atoms with van der Waals surface area (Å²) in [7, 11) is 2.63. The first-order chi connectivity index (χ1) is 6.42. The molecule has 1 aliphatic carbocycles. The molecule has 80 valence electrons. The summed E-state index contributed by atoms with van der Waals surface area (Å²) in [6.07, 6.45) is -0.588. The molecule has 16 heavy (non-hydrogen) atoms. The van der Waals surface area contributed by atoms with Crippen LogP contribution < -0.4 is 69.3 Å². The van der Waals surface area contributed by atoms with E-state index in [9.17, 15) is 19.8 Å².